The van der Waals surface area contributed by atoms with Gasteiger partial charge in [-0.05, 0) is 18.4 Å². The van der Waals surface area contributed by atoms with Crippen molar-refractivity contribution in [3.05, 3.63) is 47.0 Å². The summed E-state index contributed by atoms with van der Waals surface area (Å²) in [5.74, 6) is 0. The Kier molecular flexibility index (Phi) is 4.07. The largest absolute Gasteiger partial charge is 0.374 e. The molecule has 1 aliphatic rings. The maximum atomic E-state index is 11.5. The number of hydrogen-bond donors (Lipinski definition) is 0. The Morgan fingerprint density at radius 2 is 1.83 bits per heavy atom. The first kappa shape index (κ1) is 13.1. The summed E-state index contributed by atoms with van der Waals surface area (Å²) in [5, 5.41) is 1.42. The number of nitrogens with zero attached hydrogens (tertiary/aromatic N) is 1. The summed E-state index contributed by atoms with van der Waals surface area (Å²) in [6.07, 6.45) is 4.24. The van der Waals surface area contributed by atoms with Crippen molar-refractivity contribution in [3.8, 4) is 0 Å². The van der Waals surface area contributed by atoms with Crippen LogP contribution in [0.3, 0.4) is 0 Å². The first-order chi connectivity index (χ1) is 8.54. The molecular formula is C14H19NO2S. The summed E-state index contributed by atoms with van der Waals surface area (Å²) < 4.78 is 23.0. The standard InChI is InChI=1S/C14H19NO2S/c1-18(16,17)12-14(15-9-5-6-10-15)11-13-7-3-2-4-8-13/h2-4,7-8,12H,5-6,9-11H2,1H3/b14-12-. The fraction of sp³-hybridized carbons (Fsp3) is 0.429. The lowest BCUT2D eigenvalue weighted by Gasteiger charge is -2.21. The predicted molar refractivity (Wildman–Crippen MR) is 73.9 cm³/mol. The number of rotatable bonds is 4. The lowest BCUT2D eigenvalue weighted by molar-refractivity contribution is 0.417. The second-order valence-corrected chi connectivity index (χ2v) is 6.69. The van der Waals surface area contributed by atoms with Gasteiger partial charge in [0.25, 0.3) is 0 Å². The van der Waals surface area contributed by atoms with Crippen molar-refractivity contribution >= 4 is 9.84 Å². The molecule has 18 heavy (non-hydrogen) atoms. The topological polar surface area (TPSA) is 37.4 Å². The zero-order valence-electron chi connectivity index (χ0n) is 10.7. The summed E-state index contributed by atoms with van der Waals surface area (Å²) >= 11 is 0. The Morgan fingerprint density at radius 3 is 2.39 bits per heavy atom. The van der Waals surface area contributed by atoms with Crippen LogP contribution in [-0.4, -0.2) is 32.7 Å². The van der Waals surface area contributed by atoms with E-state index in [0.717, 1.165) is 37.2 Å². The second kappa shape index (κ2) is 5.57. The maximum Gasteiger partial charge on any atom is 0.170 e. The highest BCUT2D eigenvalue weighted by Gasteiger charge is 2.16. The number of sulfone groups is 1. The molecule has 1 heterocycles. The van der Waals surface area contributed by atoms with Crippen molar-refractivity contribution in [1.29, 1.82) is 0 Å². The van der Waals surface area contributed by atoms with Gasteiger partial charge in [-0.2, -0.15) is 0 Å². The molecular weight excluding hydrogens is 246 g/mol. The number of benzene rings is 1. The minimum Gasteiger partial charge on any atom is -0.374 e. The van der Waals surface area contributed by atoms with Crippen LogP contribution in [-0.2, 0) is 16.3 Å². The van der Waals surface area contributed by atoms with Gasteiger partial charge in [-0.15, -0.1) is 0 Å². The van der Waals surface area contributed by atoms with Crippen LogP contribution in [0.1, 0.15) is 18.4 Å². The zero-order valence-corrected chi connectivity index (χ0v) is 11.5. The first-order valence-corrected chi connectivity index (χ1v) is 8.19. The summed E-state index contributed by atoms with van der Waals surface area (Å²) in [4.78, 5) is 2.19. The molecule has 0 aliphatic carbocycles. The molecule has 0 N–H and O–H groups in total. The van der Waals surface area contributed by atoms with Crippen molar-refractivity contribution in [2.75, 3.05) is 19.3 Å². The molecule has 1 saturated heterocycles. The van der Waals surface area contributed by atoms with Gasteiger partial charge in [-0.1, -0.05) is 30.3 Å². The fourth-order valence-electron chi connectivity index (χ4n) is 2.28. The maximum absolute atomic E-state index is 11.5. The monoisotopic (exact) mass is 265 g/mol. The summed E-state index contributed by atoms with van der Waals surface area (Å²) in [6, 6.07) is 10.0. The predicted octanol–water partition coefficient (Wildman–Crippen LogP) is 2.21. The van der Waals surface area contributed by atoms with E-state index in [9.17, 15) is 8.42 Å². The van der Waals surface area contributed by atoms with Crippen molar-refractivity contribution in [3.63, 3.8) is 0 Å². The van der Waals surface area contributed by atoms with E-state index in [1.165, 1.54) is 11.7 Å². The molecule has 98 valence electrons. The van der Waals surface area contributed by atoms with Gasteiger partial charge in [0.05, 0.1) is 0 Å². The van der Waals surface area contributed by atoms with Crippen LogP contribution in [0.5, 0.6) is 0 Å². The molecule has 0 spiro atoms. The minimum absolute atomic E-state index is 0.688. The average Bonchev–Trinajstić information content (AvgIpc) is 2.81. The molecule has 1 aliphatic heterocycles. The summed E-state index contributed by atoms with van der Waals surface area (Å²) in [5.41, 5.74) is 2.07. The smallest absolute Gasteiger partial charge is 0.170 e. The van der Waals surface area contributed by atoms with Crippen LogP contribution < -0.4 is 0 Å². The minimum atomic E-state index is -3.08. The van der Waals surface area contributed by atoms with E-state index in [2.05, 4.69) is 4.90 Å². The highest BCUT2D eigenvalue weighted by molar-refractivity contribution is 7.93. The zero-order chi connectivity index (χ0) is 13.0. The number of allylic oxidation sites excluding steroid dienone is 1. The lowest BCUT2D eigenvalue weighted by atomic mass is 10.1. The van der Waals surface area contributed by atoms with Gasteiger partial charge >= 0.3 is 0 Å². The quantitative estimate of drug-likeness (QED) is 0.837. The lowest BCUT2D eigenvalue weighted by Crippen LogP contribution is -2.21. The molecule has 4 heteroatoms. The van der Waals surface area contributed by atoms with Gasteiger partial charge in [0, 0.05) is 36.9 Å². The van der Waals surface area contributed by atoms with E-state index in [1.807, 2.05) is 30.3 Å². The third-order valence-corrected chi connectivity index (χ3v) is 3.79. The van der Waals surface area contributed by atoms with Crippen LogP contribution in [0, 0.1) is 0 Å². The van der Waals surface area contributed by atoms with Crippen molar-refractivity contribution in [2.24, 2.45) is 0 Å². The van der Waals surface area contributed by atoms with E-state index >= 15 is 0 Å². The van der Waals surface area contributed by atoms with Crippen LogP contribution in [0.2, 0.25) is 0 Å². The molecule has 0 radical (unpaired) electrons. The molecule has 0 saturated carbocycles. The highest BCUT2D eigenvalue weighted by atomic mass is 32.2. The summed E-state index contributed by atoms with van der Waals surface area (Å²) in [7, 11) is -3.08. The molecule has 1 aromatic carbocycles. The summed E-state index contributed by atoms with van der Waals surface area (Å²) in [6.45, 7) is 1.93. The molecule has 1 fully saturated rings. The van der Waals surface area contributed by atoms with Crippen LogP contribution in [0.15, 0.2) is 41.4 Å². The molecule has 0 bridgehead atoms. The highest BCUT2D eigenvalue weighted by Crippen LogP contribution is 2.19. The SMILES string of the molecule is CS(=O)(=O)/C=C(/Cc1ccccc1)N1CCCC1. The van der Waals surface area contributed by atoms with Gasteiger partial charge in [0.15, 0.2) is 9.84 Å². The van der Waals surface area contributed by atoms with Crippen LogP contribution in [0.25, 0.3) is 0 Å². The Labute approximate surface area is 109 Å². The Balaban J connectivity index is 2.22. The third kappa shape index (κ3) is 3.88. The number of likely N-dealkylation sites (tertiary alicyclic amines) is 1. The second-order valence-electron chi connectivity index (χ2n) is 4.80. The molecule has 1 aromatic rings. The van der Waals surface area contributed by atoms with E-state index < -0.39 is 9.84 Å². The van der Waals surface area contributed by atoms with E-state index in [4.69, 9.17) is 0 Å². The van der Waals surface area contributed by atoms with Gasteiger partial charge in [0.1, 0.15) is 0 Å². The van der Waals surface area contributed by atoms with Crippen LogP contribution in [0.4, 0.5) is 0 Å². The Bertz CT molecular complexity index is 514. The van der Waals surface area contributed by atoms with Gasteiger partial charge in [-0.25, -0.2) is 8.42 Å². The molecule has 3 nitrogen and oxygen atoms in total. The van der Waals surface area contributed by atoms with Crippen LogP contribution >= 0.6 is 0 Å². The molecule has 2 rings (SSSR count). The van der Waals surface area contributed by atoms with Crippen molar-refractivity contribution < 1.29 is 8.42 Å². The molecule has 0 aromatic heterocycles. The van der Waals surface area contributed by atoms with Gasteiger partial charge < -0.3 is 4.90 Å². The fourth-order valence-corrected chi connectivity index (χ4v) is 3.01. The van der Waals surface area contributed by atoms with E-state index in [0.29, 0.717) is 6.42 Å². The van der Waals surface area contributed by atoms with Gasteiger partial charge in [-0.3, -0.25) is 0 Å². The Hall–Kier alpha value is -1.29. The number of hydrogen-bond acceptors (Lipinski definition) is 3. The normalized spacial score (nSPS) is 17.2. The Morgan fingerprint density at radius 1 is 1.22 bits per heavy atom. The van der Waals surface area contributed by atoms with Crippen molar-refractivity contribution in [2.45, 2.75) is 19.3 Å². The molecule has 0 atom stereocenters. The third-order valence-electron chi connectivity index (χ3n) is 3.09. The van der Waals surface area contributed by atoms with E-state index in [1.54, 1.807) is 0 Å². The van der Waals surface area contributed by atoms with Crippen molar-refractivity contribution in [1.82, 2.24) is 4.90 Å². The molecule has 0 unspecified atom stereocenters. The molecule has 0 amide bonds. The van der Waals surface area contributed by atoms with Gasteiger partial charge in [0.2, 0.25) is 0 Å². The first-order valence-electron chi connectivity index (χ1n) is 6.24. The van der Waals surface area contributed by atoms with E-state index in [-0.39, 0.29) is 0 Å². The average molecular weight is 265 g/mol.